The van der Waals surface area contributed by atoms with Crippen LogP contribution < -0.4 is 20.7 Å². The van der Waals surface area contributed by atoms with Crippen LogP contribution >= 0.6 is 7.92 Å². The number of nitrogens with zero attached hydrogens (tertiary/aromatic N) is 1. The minimum absolute atomic E-state index is 0.0233. The van der Waals surface area contributed by atoms with Crippen molar-refractivity contribution in [3.05, 3.63) is 114 Å². The van der Waals surface area contributed by atoms with Gasteiger partial charge < -0.3 is 4.74 Å². The lowest BCUT2D eigenvalue weighted by atomic mass is 9.47. The average molecular weight is 676 g/mol. The smallest absolute Gasteiger partial charge is 0.139 e. The summed E-state index contributed by atoms with van der Waals surface area (Å²) in [6, 6.07) is 35.6. The Morgan fingerprint density at radius 3 is 1.75 bits per heavy atom. The monoisotopic (exact) mass is 675 g/mol. The highest BCUT2D eigenvalue weighted by Crippen LogP contribution is 2.66. The van der Waals surface area contributed by atoms with E-state index in [0.717, 1.165) is 29.3 Å². The van der Waals surface area contributed by atoms with Gasteiger partial charge in [-0.2, -0.15) is 0 Å². The fourth-order valence-electron chi connectivity index (χ4n) is 10.5. The summed E-state index contributed by atoms with van der Waals surface area (Å²) < 4.78 is 23.8. The number of hydrogen-bond acceptors (Lipinski definition) is 2. The first-order chi connectivity index (χ1) is 23.0. The quantitative estimate of drug-likeness (QED) is 0.183. The van der Waals surface area contributed by atoms with Gasteiger partial charge in [0.2, 0.25) is 0 Å². The van der Waals surface area contributed by atoms with E-state index in [9.17, 15) is 4.21 Å². The molecule has 250 valence electrons. The molecule has 3 nitrogen and oxygen atoms in total. The summed E-state index contributed by atoms with van der Waals surface area (Å²) in [6.45, 7) is 11.1. The molecule has 0 spiro atoms. The molecule has 0 amide bonds. The summed E-state index contributed by atoms with van der Waals surface area (Å²) in [4.78, 5) is 0. The molecule has 4 bridgehead atoms. The summed E-state index contributed by atoms with van der Waals surface area (Å²) in [5.41, 5.74) is 3.54. The summed E-state index contributed by atoms with van der Waals surface area (Å²) in [5.74, 6) is 4.38. The topological polar surface area (TPSA) is 29.5 Å². The molecule has 2 atom stereocenters. The summed E-state index contributed by atoms with van der Waals surface area (Å²) in [6.07, 6.45) is 7.85. The van der Waals surface area contributed by atoms with Gasteiger partial charge in [0.25, 0.3) is 0 Å². The second kappa shape index (κ2) is 11.9. The first-order valence-electron chi connectivity index (χ1n) is 18.0. The number of ether oxygens (including phenoxy) is 1. The maximum Gasteiger partial charge on any atom is 0.139 e. The van der Waals surface area contributed by atoms with Crippen molar-refractivity contribution in [2.24, 2.45) is 23.2 Å². The molecule has 4 aromatic rings. The third-order valence-corrected chi connectivity index (χ3v) is 16.2. The third-order valence-electron chi connectivity index (χ3n) is 12.0. The van der Waals surface area contributed by atoms with E-state index in [0.29, 0.717) is 0 Å². The molecular formula is C43H50NO2PS. The van der Waals surface area contributed by atoms with Crippen LogP contribution in [-0.2, 0) is 16.4 Å². The molecular weight excluding hydrogens is 626 g/mol. The predicted molar refractivity (Wildman–Crippen MR) is 203 cm³/mol. The van der Waals surface area contributed by atoms with Crippen LogP contribution in [0.5, 0.6) is 11.5 Å². The van der Waals surface area contributed by atoms with Crippen LogP contribution in [0.25, 0.3) is 0 Å². The van der Waals surface area contributed by atoms with E-state index in [1.54, 1.807) is 0 Å². The Bertz CT molecular complexity index is 1770. The molecule has 5 aliphatic rings. The highest BCUT2D eigenvalue weighted by Gasteiger charge is 2.57. The molecule has 0 saturated heterocycles. The first kappa shape index (κ1) is 32.4. The van der Waals surface area contributed by atoms with Crippen LogP contribution in [0, 0.1) is 23.2 Å². The molecule has 48 heavy (non-hydrogen) atoms. The van der Waals surface area contributed by atoms with Crippen molar-refractivity contribution in [2.45, 2.75) is 89.3 Å². The molecule has 1 aliphatic heterocycles. The summed E-state index contributed by atoms with van der Waals surface area (Å²) in [5, 5.41) is 3.89. The lowest BCUT2D eigenvalue weighted by Gasteiger charge is -2.61. The van der Waals surface area contributed by atoms with E-state index in [1.807, 2.05) is 0 Å². The van der Waals surface area contributed by atoms with Gasteiger partial charge in [0.05, 0.1) is 10.8 Å². The van der Waals surface area contributed by atoms with E-state index in [1.165, 1.54) is 71.1 Å². The zero-order chi connectivity index (χ0) is 33.4. The van der Waals surface area contributed by atoms with Gasteiger partial charge in [-0.25, -0.2) is 8.51 Å². The SMILES string of the molecule is CN(C(c1cccc2c1Oc1c(P(c3ccccc3)c3ccccc3)cccc1C2(C)C)C12CC3CC(CC(C3)C1)C2)S(=O)C(C)(C)C. The Labute approximate surface area is 291 Å². The van der Waals surface area contributed by atoms with Gasteiger partial charge in [-0.3, -0.25) is 0 Å². The van der Waals surface area contributed by atoms with Gasteiger partial charge in [0, 0.05) is 34.5 Å². The Balaban J connectivity index is 1.32. The third kappa shape index (κ3) is 5.33. The first-order valence-corrected chi connectivity index (χ1v) is 20.4. The van der Waals surface area contributed by atoms with E-state index in [-0.39, 0.29) is 21.6 Å². The van der Waals surface area contributed by atoms with E-state index < -0.39 is 18.9 Å². The number of fused-ring (bicyclic) bond motifs is 2. The minimum Gasteiger partial charge on any atom is -0.456 e. The molecule has 4 saturated carbocycles. The van der Waals surface area contributed by atoms with E-state index >= 15 is 0 Å². The minimum atomic E-state index is -1.17. The lowest BCUT2D eigenvalue weighted by Crippen LogP contribution is -2.53. The zero-order valence-electron chi connectivity index (χ0n) is 29.4. The van der Waals surface area contributed by atoms with Crippen molar-refractivity contribution in [3.8, 4) is 11.5 Å². The number of benzene rings is 4. The van der Waals surface area contributed by atoms with Crippen LogP contribution in [0.2, 0.25) is 0 Å². The van der Waals surface area contributed by atoms with Crippen molar-refractivity contribution in [1.82, 2.24) is 4.31 Å². The molecule has 0 N–H and O–H groups in total. The molecule has 5 heteroatoms. The van der Waals surface area contributed by atoms with Crippen LogP contribution in [0.1, 0.15) is 95.9 Å². The maximum absolute atomic E-state index is 14.4. The van der Waals surface area contributed by atoms with Crippen LogP contribution in [0.15, 0.2) is 97.1 Å². The molecule has 4 aliphatic carbocycles. The van der Waals surface area contributed by atoms with Crippen molar-refractivity contribution in [1.29, 1.82) is 0 Å². The Morgan fingerprint density at radius 2 is 1.23 bits per heavy atom. The molecule has 1 heterocycles. The number of rotatable bonds is 7. The van der Waals surface area contributed by atoms with Gasteiger partial charge in [-0.05, 0) is 101 Å². The number of para-hydroxylation sites is 2. The van der Waals surface area contributed by atoms with Crippen molar-refractivity contribution >= 4 is 34.8 Å². The summed E-state index contributed by atoms with van der Waals surface area (Å²) in [7, 11) is 0.108. The Morgan fingerprint density at radius 1 is 0.729 bits per heavy atom. The normalized spacial score (nSPS) is 26.5. The van der Waals surface area contributed by atoms with E-state index in [4.69, 9.17) is 4.74 Å². The molecule has 4 aromatic carbocycles. The van der Waals surface area contributed by atoms with Gasteiger partial charge in [-0.15, -0.1) is 0 Å². The van der Waals surface area contributed by atoms with Crippen LogP contribution in [0.4, 0.5) is 0 Å². The lowest BCUT2D eigenvalue weighted by molar-refractivity contribution is -0.0865. The molecule has 0 aromatic heterocycles. The highest BCUT2D eigenvalue weighted by atomic mass is 32.2. The molecule has 4 fully saturated rings. The van der Waals surface area contributed by atoms with Crippen molar-refractivity contribution in [2.75, 3.05) is 7.05 Å². The summed E-state index contributed by atoms with van der Waals surface area (Å²) >= 11 is 0. The Hall–Kier alpha value is -2.78. The van der Waals surface area contributed by atoms with Gasteiger partial charge in [0.1, 0.15) is 22.5 Å². The highest BCUT2D eigenvalue weighted by molar-refractivity contribution is 7.84. The second-order valence-corrected chi connectivity index (χ2v) is 21.2. The van der Waals surface area contributed by atoms with Gasteiger partial charge >= 0.3 is 0 Å². The van der Waals surface area contributed by atoms with Crippen LogP contribution in [0.3, 0.4) is 0 Å². The average Bonchev–Trinajstić information content (AvgIpc) is 3.05. The molecule has 2 unspecified atom stereocenters. The molecule has 9 rings (SSSR count). The Kier molecular flexibility index (Phi) is 8.06. The maximum atomic E-state index is 14.4. The molecule has 0 radical (unpaired) electrons. The predicted octanol–water partition coefficient (Wildman–Crippen LogP) is 9.53. The van der Waals surface area contributed by atoms with Crippen molar-refractivity contribution < 1.29 is 8.95 Å². The van der Waals surface area contributed by atoms with Gasteiger partial charge in [-0.1, -0.05) is 111 Å². The number of hydrogen-bond donors (Lipinski definition) is 0. The van der Waals surface area contributed by atoms with Gasteiger partial charge in [0.15, 0.2) is 0 Å². The van der Waals surface area contributed by atoms with Crippen molar-refractivity contribution in [3.63, 3.8) is 0 Å². The van der Waals surface area contributed by atoms with E-state index in [2.05, 4.69) is 143 Å². The second-order valence-electron chi connectivity index (χ2n) is 16.7. The fourth-order valence-corrected chi connectivity index (χ4v) is 14.2. The van der Waals surface area contributed by atoms with Crippen LogP contribution in [-0.4, -0.2) is 20.3 Å². The zero-order valence-corrected chi connectivity index (χ0v) is 31.1. The fraction of sp³-hybridized carbons (Fsp3) is 0.442. The standard InChI is InChI=1S/C43H50NO2PS/c1-41(2,3)48(45)44(6)40(43-26-29-23-30(27-43)25-31(24-29)28-43)34-19-13-20-35-38(34)46-39-36(42(35,4)5)21-14-22-37(39)47(32-15-9-7-10-16-32)33-17-11-8-12-18-33/h7-22,29-31,40H,23-28H2,1-6H3. The largest absolute Gasteiger partial charge is 0.456 e.